The minimum atomic E-state index is 0. The Morgan fingerprint density at radius 1 is 1.36 bits per heavy atom. The maximum Gasteiger partial charge on any atom is 0 e. The van der Waals surface area contributed by atoms with E-state index >= 15 is 0 Å². The van der Waals surface area contributed by atoms with Crippen LogP contribution in [0.25, 0.3) is 0 Å². The first-order chi connectivity index (χ1) is 4.84. The summed E-state index contributed by atoms with van der Waals surface area (Å²) >= 11 is 0. The zero-order valence-electron chi connectivity index (χ0n) is 6.54. The second kappa shape index (κ2) is 5.51. The number of nitrogens with zero attached hydrogens (tertiary/aromatic N) is 1. The third-order valence-electron chi connectivity index (χ3n) is 1.22. The molecule has 0 aliphatic rings. The van der Waals surface area contributed by atoms with Gasteiger partial charge in [-0.05, 0) is 0 Å². The Morgan fingerprint density at radius 2 is 2.00 bits per heavy atom. The van der Waals surface area contributed by atoms with Crippen LogP contribution in [0.3, 0.4) is 0 Å². The van der Waals surface area contributed by atoms with Crippen molar-refractivity contribution in [1.29, 1.82) is 0 Å². The van der Waals surface area contributed by atoms with Gasteiger partial charge in [0, 0.05) is 32.7 Å². The molecule has 0 fully saturated rings. The summed E-state index contributed by atoms with van der Waals surface area (Å²) in [7, 11) is 0. The average molecular weight is 220 g/mol. The Kier molecular flexibility index (Phi) is 5.44. The second-order valence-electron chi connectivity index (χ2n) is 1.96. The van der Waals surface area contributed by atoms with Gasteiger partial charge in [-0.15, -0.1) is 24.7 Å². The predicted molar refractivity (Wildman–Crippen MR) is 43.7 cm³/mol. The molecule has 1 aromatic rings. The van der Waals surface area contributed by atoms with E-state index < -0.39 is 0 Å². The van der Waals surface area contributed by atoms with E-state index in [9.17, 15) is 0 Å². The van der Waals surface area contributed by atoms with E-state index in [0.29, 0.717) is 0 Å². The van der Waals surface area contributed by atoms with Crippen molar-refractivity contribution in [3.05, 3.63) is 36.8 Å². The van der Waals surface area contributed by atoms with Gasteiger partial charge in [-0.1, -0.05) is 6.07 Å². The third-order valence-corrected chi connectivity index (χ3v) is 1.22. The molecule has 2 heteroatoms. The van der Waals surface area contributed by atoms with Crippen LogP contribution in [0.4, 0.5) is 5.69 Å². The molecule has 0 atom stereocenters. The smallest absolute Gasteiger partial charge is 0 e. The van der Waals surface area contributed by atoms with E-state index in [0.717, 1.165) is 11.3 Å². The molecule has 0 spiro atoms. The van der Waals surface area contributed by atoms with Crippen molar-refractivity contribution < 1.29 is 32.7 Å². The van der Waals surface area contributed by atoms with Crippen LogP contribution in [0.5, 0.6) is 0 Å². The normalized spacial score (nSPS) is 9.55. The zero-order valence-corrected chi connectivity index (χ0v) is 9.38. The van der Waals surface area contributed by atoms with Gasteiger partial charge in [0.2, 0.25) is 0 Å². The topological polar surface area (TPSA) is 12.4 Å². The number of para-hydroxylation sites is 1. The molecule has 0 saturated heterocycles. The van der Waals surface area contributed by atoms with Crippen LogP contribution in [-0.4, -0.2) is 6.21 Å². The van der Waals surface area contributed by atoms with Crippen LogP contribution in [-0.2, 0) is 32.7 Å². The minimum absolute atomic E-state index is 0. The summed E-state index contributed by atoms with van der Waals surface area (Å²) in [6.45, 7) is 5.58. The second-order valence-corrected chi connectivity index (χ2v) is 1.96. The largest absolute Gasteiger partial charge is 0.458 e. The van der Waals surface area contributed by atoms with E-state index in [1.54, 1.807) is 6.92 Å². The van der Waals surface area contributed by atoms with E-state index in [1.807, 2.05) is 24.3 Å². The van der Waals surface area contributed by atoms with Gasteiger partial charge in [-0.3, -0.25) is 0 Å². The Morgan fingerprint density at radius 3 is 2.55 bits per heavy atom. The molecule has 1 aromatic carbocycles. The first-order valence-corrected chi connectivity index (χ1v) is 3.13. The molecule has 0 aliphatic heterocycles. The van der Waals surface area contributed by atoms with Crippen LogP contribution >= 0.6 is 0 Å². The Labute approximate surface area is 92.8 Å². The molecule has 0 N–H and O–H groups in total. The van der Waals surface area contributed by atoms with Crippen molar-refractivity contribution in [3.8, 4) is 0 Å². The first kappa shape index (κ1) is 10.9. The van der Waals surface area contributed by atoms with Gasteiger partial charge in [-0.2, -0.15) is 17.8 Å². The third kappa shape index (κ3) is 3.17. The van der Waals surface area contributed by atoms with E-state index in [4.69, 9.17) is 0 Å². The summed E-state index contributed by atoms with van der Waals surface area (Å²) in [5, 5.41) is 0. The van der Waals surface area contributed by atoms with Crippen LogP contribution < -0.4 is 0 Å². The summed E-state index contributed by atoms with van der Waals surface area (Å²) in [5.41, 5.74) is 1.84. The summed E-state index contributed by atoms with van der Waals surface area (Å²) in [6, 6.07) is 7.72. The molecule has 0 aromatic heterocycles. The fourth-order valence-corrected chi connectivity index (χ4v) is 0.740. The zero-order chi connectivity index (χ0) is 7.40. The Balaban J connectivity index is 0.000001000. The maximum absolute atomic E-state index is 3.99. The number of benzene rings is 1. The summed E-state index contributed by atoms with van der Waals surface area (Å²) < 4.78 is 0. The summed E-state index contributed by atoms with van der Waals surface area (Å²) in [6.07, 6.45) is 2.71. The molecule has 0 amide bonds. The minimum Gasteiger partial charge on any atom is -0.458 e. The van der Waals surface area contributed by atoms with Crippen LogP contribution in [0.15, 0.2) is 29.3 Å². The molecule has 0 saturated carbocycles. The monoisotopic (exact) mass is 220 g/mol. The molecule has 1 radical (unpaired) electrons. The van der Waals surface area contributed by atoms with Crippen molar-refractivity contribution in [2.24, 2.45) is 4.99 Å². The standard InChI is InChI=1S/C9H9N.Y/c1-3-10-9-7-5-4-6-8(9)2;/h4-7H,2H2,1H3;/q-2;. The van der Waals surface area contributed by atoms with E-state index in [1.165, 1.54) is 0 Å². The van der Waals surface area contributed by atoms with Gasteiger partial charge in [0.25, 0.3) is 0 Å². The Bertz CT molecular complexity index is 243. The van der Waals surface area contributed by atoms with Crippen molar-refractivity contribution in [1.82, 2.24) is 0 Å². The van der Waals surface area contributed by atoms with Gasteiger partial charge in [0.15, 0.2) is 0 Å². The van der Waals surface area contributed by atoms with Gasteiger partial charge in [-0.25, -0.2) is 6.92 Å². The molecule has 0 bridgehead atoms. The average Bonchev–Trinajstić information content (AvgIpc) is 1.94. The molecular formula is C9H9NY-2. The first-order valence-electron chi connectivity index (χ1n) is 3.13. The maximum atomic E-state index is 3.99. The molecule has 55 valence electrons. The molecule has 0 unspecified atom stereocenters. The Hall–Kier alpha value is -0.136. The van der Waals surface area contributed by atoms with Crippen LogP contribution in [0, 0.1) is 6.92 Å². The number of hydrogen-bond donors (Lipinski definition) is 0. The molecule has 1 nitrogen and oxygen atoms in total. The predicted octanol–water partition coefficient (Wildman–Crippen LogP) is 2.47. The molecule has 11 heavy (non-hydrogen) atoms. The van der Waals surface area contributed by atoms with Crippen LogP contribution in [0.2, 0.25) is 0 Å². The quantitative estimate of drug-likeness (QED) is 0.509. The molecular weight excluding hydrogens is 211 g/mol. The van der Waals surface area contributed by atoms with E-state index in [-0.39, 0.29) is 32.7 Å². The summed E-state index contributed by atoms with van der Waals surface area (Å²) in [4.78, 5) is 3.99. The van der Waals surface area contributed by atoms with Crippen molar-refractivity contribution in [3.63, 3.8) is 0 Å². The fourth-order valence-electron chi connectivity index (χ4n) is 0.740. The van der Waals surface area contributed by atoms with Crippen molar-refractivity contribution in [2.45, 2.75) is 6.92 Å². The molecule has 0 aliphatic carbocycles. The number of rotatable bonds is 1. The molecule has 1 rings (SSSR count). The SMILES string of the molecule is [CH2-]c1ccccc1N=[C-]C.[Y]. The van der Waals surface area contributed by atoms with Crippen molar-refractivity contribution >= 4 is 11.9 Å². The van der Waals surface area contributed by atoms with Crippen LogP contribution in [0.1, 0.15) is 12.5 Å². The van der Waals surface area contributed by atoms with Gasteiger partial charge in [0.1, 0.15) is 0 Å². The van der Waals surface area contributed by atoms with Gasteiger partial charge < -0.3 is 4.99 Å². The van der Waals surface area contributed by atoms with Gasteiger partial charge in [0.05, 0.1) is 0 Å². The van der Waals surface area contributed by atoms with Crippen molar-refractivity contribution in [2.75, 3.05) is 0 Å². The molecule has 0 heterocycles. The van der Waals surface area contributed by atoms with E-state index in [2.05, 4.69) is 18.1 Å². The number of hydrogen-bond acceptors (Lipinski definition) is 1. The fraction of sp³-hybridized carbons (Fsp3) is 0.111. The summed E-state index contributed by atoms with van der Waals surface area (Å²) in [5.74, 6) is 0. The van der Waals surface area contributed by atoms with Gasteiger partial charge >= 0.3 is 0 Å². The number of aliphatic imine (C=N–C) groups is 1.